The van der Waals surface area contributed by atoms with E-state index in [9.17, 15) is 35.5 Å². The number of benzene rings is 5. The molecule has 0 fully saturated rings. The van der Waals surface area contributed by atoms with Gasteiger partial charge in [0.15, 0.2) is 0 Å². The van der Waals surface area contributed by atoms with Crippen LogP contribution in [0, 0.1) is 55.4 Å². The third kappa shape index (κ3) is 9.34. The van der Waals surface area contributed by atoms with E-state index in [2.05, 4.69) is 21.3 Å². The summed E-state index contributed by atoms with van der Waals surface area (Å²) in [5.74, 6) is -1.34. The molecule has 5 aromatic carbocycles. The molecule has 5 rings (SSSR count). The normalized spacial score (nSPS) is 11.5. The number of hydrogen-bond donors (Lipinski definition) is 4. The van der Waals surface area contributed by atoms with Gasteiger partial charge in [-0.15, -0.1) is 0 Å². The largest absolute Gasteiger partial charge is 1.00 e. The number of amides is 2. The third-order valence-corrected chi connectivity index (χ3v) is 12.1. The molecule has 0 bridgehead atoms. The van der Waals surface area contributed by atoms with Gasteiger partial charge in [-0.3, -0.25) is 9.59 Å². The van der Waals surface area contributed by atoms with Gasteiger partial charge in [0, 0.05) is 53.9 Å². The van der Waals surface area contributed by atoms with Crippen LogP contribution in [0.1, 0.15) is 87.8 Å². The van der Waals surface area contributed by atoms with E-state index in [1.54, 1.807) is 38.4 Å². The summed E-state index contributed by atoms with van der Waals surface area (Å²) in [5.41, 5.74) is 11.6. The maximum absolute atomic E-state index is 12.8. The zero-order valence-corrected chi connectivity index (χ0v) is 38.1. The van der Waals surface area contributed by atoms with E-state index in [4.69, 9.17) is 0 Å². The molecule has 0 saturated carbocycles. The van der Waals surface area contributed by atoms with Gasteiger partial charge in [0.2, 0.25) is 0 Å². The van der Waals surface area contributed by atoms with E-state index in [-0.39, 0.29) is 46.9 Å². The minimum Gasteiger partial charge on any atom is -0.744 e. The number of hydrogen-bond acceptors (Lipinski definition) is 10. The SMILES string of the molecule is CNC(=O)c1c(C)cc(C)c(Nc2ccc(C(c3ccc(Nc4c(C)cc(C)c(C(=O)NC)c4C)cc3C)c3ccc(S(=O)(=O)[O-])cc3S(=O)(=O)[O-])c(C)c2)c1C.[Na+]. The van der Waals surface area contributed by atoms with Crippen LogP contribution in [0.5, 0.6) is 0 Å². The Morgan fingerprint density at radius 1 is 0.517 bits per heavy atom. The van der Waals surface area contributed by atoms with Gasteiger partial charge in [-0.25, -0.2) is 16.8 Å². The number of nitrogens with one attached hydrogen (secondary N) is 4. The van der Waals surface area contributed by atoms with E-state index < -0.39 is 35.9 Å². The summed E-state index contributed by atoms with van der Waals surface area (Å²) in [5, 5.41) is 12.3. The van der Waals surface area contributed by atoms with Crippen LogP contribution in [-0.4, -0.2) is 51.9 Å². The molecule has 15 heteroatoms. The van der Waals surface area contributed by atoms with Gasteiger partial charge >= 0.3 is 29.6 Å². The summed E-state index contributed by atoms with van der Waals surface area (Å²) >= 11 is 0. The van der Waals surface area contributed by atoms with Crippen molar-refractivity contribution in [3.8, 4) is 0 Å². The van der Waals surface area contributed by atoms with E-state index in [1.807, 2.05) is 79.7 Å². The minimum atomic E-state index is -5.30. The second kappa shape index (κ2) is 17.8. The molecule has 0 atom stereocenters. The van der Waals surface area contributed by atoms with Crippen LogP contribution in [0.25, 0.3) is 0 Å². The molecule has 0 aliphatic carbocycles. The van der Waals surface area contributed by atoms with E-state index in [1.165, 1.54) is 6.07 Å². The molecule has 5 aromatic rings. The molecule has 0 unspecified atom stereocenters. The average molecular weight is 834 g/mol. The molecule has 58 heavy (non-hydrogen) atoms. The molecule has 12 nitrogen and oxygen atoms in total. The Balaban J connectivity index is 0.00000744. The number of carbonyl (C=O) groups excluding carboxylic acids is 2. The van der Waals surface area contributed by atoms with Crippen molar-refractivity contribution in [3.63, 3.8) is 0 Å². The Hall–Kier alpha value is -4.54. The van der Waals surface area contributed by atoms with Gasteiger partial charge in [-0.1, -0.05) is 30.3 Å². The Labute approximate surface area is 363 Å². The number of rotatable bonds is 11. The Morgan fingerprint density at radius 2 is 0.914 bits per heavy atom. The topological polar surface area (TPSA) is 197 Å². The van der Waals surface area contributed by atoms with Gasteiger partial charge in [-0.2, -0.15) is 0 Å². The van der Waals surface area contributed by atoms with E-state index in [0.29, 0.717) is 50.8 Å². The van der Waals surface area contributed by atoms with Crippen molar-refractivity contribution in [2.45, 2.75) is 71.1 Å². The Morgan fingerprint density at radius 3 is 1.26 bits per heavy atom. The maximum atomic E-state index is 12.8. The van der Waals surface area contributed by atoms with Gasteiger partial charge in [0.1, 0.15) is 20.2 Å². The summed E-state index contributed by atoms with van der Waals surface area (Å²) < 4.78 is 74.4. The summed E-state index contributed by atoms with van der Waals surface area (Å²) in [6.45, 7) is 15.0. The minimum absolute atomic E-state index is 0. The molecule has 0 radical (unpaired) electrons. The molecule has 0 aromatic heterocycles. The second-order valence-corrected chi connectivity index (χ2v) is 17.1. The van der Waals surface area contributed by atoms with E-state index >= 15 is 0 Å². The van der Waals surface area contributed by atoms with Gasteiger partial charge in [0.05, 0.1) is 9.79 Å². The van der Waals surface area contributed by atoms with Crippen molar-refractivity contribution in [2.75, 3.05) is 24.7 Å². The molecule has 0 aliphatic rings. The van der Waals surface area contributed by atoms with Crippen molar-refractivity contribution < 1.29 is 65.1 Å². The maximum Gasteiger partial charge on any atom is 1.00 e. The van der Waals surface area contributed by atoms with Crippen molar-refractivity contribution in [2.24, 2.45) is 0 Å². The molecule has 300 valence electrons. The molecular weight excluding hydrogens is 788 g/mol. The van der Waals surface area contributed by atoms with Crippen molar-refractivity contribution in [1.82, 2.24) is 10.6 Å². The van der Waals surface area contributed by atoms with Gasteiger partial charge < -0.3 is 30.4 Å². The fourth-order valence-electron chi connectivity index (χ4n) is 7.78. The standard InChI is InChI=1S/C43H48N4O8S2.Na/c1-22-19-30(46-40-26(5)17-24(3)37(28(40)7)42(48)44-9)11-14-33(22)39(35-16-13-32(56(50,51)52)21-36(35)57(53,54)55)34-15-12-31(20-23(34)2)47-41-27(6)18-25(4)38(29(41)8)43(49)45-10;/h11-21,39,46-47H,1-10H3,(H,44,48)(H,45,49)(H,50,51,52)(H,53,54,55);/q;+1/p-2. The second-order valence-electron chi connectivity index (χ2n) is 14.4. The molecule has 0 heterocycles. The van der Waals surface area contributed by atoms with Crippen LogP contribution in [0.3, 0.4) is 0 Å². The fourth-order valence-corrected chi connectivity index (χ4v) is 9.09. The van der Waals surface area contributed by atoms with Crippen LogP contribution >= 0.6 is 0 Å². The average Bonchev–Trinajstić information content (AvgIpc) is 3.12. The van der Waals surface area contributed by atoms with Crippen molar-refractivity contribution in [3.05, 3.63) is 139 Å². The monoisotopic (exact) mass is 833 g/mol. The zero-order valence-electron chi connectivity index (χ0n) is 34.5. The summed E-state index contributed by atoms with van der Waals surface area (Å²) in [6.07, 6.45) is 0. The Kier molecular flexibility index (Phi) is 14.1. The van der Waals surface area contributed by atoms with Crippen LogP contribution < -0.4 is 50.8 Å². The van der Waals surface area contributed by atoms with Gasteiger partial charge in [0.25, 0.3) is 11.8 Å². The molecule has 0 saturated heterocycles. The molecular formula is C43H46N4NaO8S2-. The van der Waals surface area contributed by atoms with Crippen LogP contribution in [0.4, 0.5) is 22.7 Å². The fraction of sp³-hybridized carbons (Fsp3) is 0.256. The molecule has 0 aliphatic heterocycles. The van der Waals surface area contributed by atoms with Crippen LogP contribution in [0.2, 0.25) is 0 Å². The van der Waals surface area contributed by atoms with Crippen molar-refractivity contribution in [1.29, 1.82) is 0 Å². The molecule has 0 spiro atoms. The Bertz CT molecular complexity index is 2570. The number of anilines is 4. The predicted molar refractivity (Wildman–Crippen MR) is 220 cm³/mol. The predicted octanol–water partition coefficient (Wildman–Crippen LogP) is 4.35. The number of carbonyl (C=O) groups is 2. The molecule has 2 amide bonds. The number of aryl methyl sites for hydroxylation is 6. The third-order valence-electron chi connectivity index (χ3n) is 10.4. The summed E-state index contributed by atoms with van der Waals surface area (Å²) in [4.78, 5) is 23.8. The first-order valence-electron chi connectivity index (χ1n) is 18.1. The summed E-state index contributed by atoms with van der Waals surface area (Å²) in [6, 6.07) is 17.6. The zero-order chi connectivity index (χ0) is 42.3. The van der Waals surface area contributed by atoms with E-state index in [0.717, 1.165) is 50.8 Å². The van der Waals surface area contributed by atoms with Gasteiger partial charge in [-0.05, 0) is 153 Å². The van der Waals surface area contributed by atoms with Crippen molar-refractivity contribution >= 4 is 54.8 Å². The van der Waals surface area contributed by atoms with Crippen LogP contribution in [-0.2, 0) is 20.2 Å². The quantitative estimate of drug-likeness (QED) is 0.0844. The summed E-state index contributed by atoms with van der Waals surface area (Å²) in [7, 11) is -7.25. The van der Waals surface area contributed by atoms with Crippen LogP contribution in [0.15, 0.2) is 76.5 Å². The first-order chi connectivity index (χ1) is 26.6. The first kappa shape index (κ1) is 46.2. The smallest absolute Gasteiger partial charge is 0.744 e. The first-order valence-corrected chi connectivity index (χ1v) is 20.9. The molecule has 4 N–H and O–H groups in total.